The average molecular weight is 903 g/mol. The molecule has 0 amide bonds. The van der Waals surface area contributed by atoms with Crippen molar-refractivity contribution in [2.45, 2.75) is 245 Å². The lowest BCUT2D eigenvalue weighted by Gasteiger charge is -2.18. The Morgan fingerprint density at radius 2 is 0.646 bits per heavy atom. The lowest BCUT2D eigenvalue weighted by Crippen LogP contribution is -2.30. The van der Waals surface area contributed by atoms with E-state index in [2.05, 4.69) is 118 Å². The topological polar surface area (TPSA) is 78.9 Å². The van der Waals surface area contributed by atoms with Gasteiger partial charge in [-0.05, 0) is 116 Å². The number of carbonyl (C=O) groups is 3. The van der Waals surface area contributed by atoms with Crippen molar-refractivity contribution in [1.82, 2.24) is 0 Å². The molecule has 6 nitrogen and oxygen atoms in total. The SMILES string of the molecule is CC/C=C\C/C=C\C/C=C\C/C=C\C/C=C\CCCCCC(=O)OCC(COC(=O)CCCCC/C=C\CCCCCCCC)OC(=O)CCCCCCCC/C=C\C=C/CCCCC. The van der Waals surface area contributed by atoms with Crippen LogP contribution in [0.15, 0.2) is 97.2 Å². The summed E-state index contributed by atoms with van der Waals surface area (Å²) in [6.07, 6.45) is 69.6. The first-order valence-corrected chi connectivity index (χ1v) is 26.8. The Kier molecular flexibility index (Phi) is 50.0. The lowest BCUT2D eigenvalue weighted by molar-refractivity contribution is -0.167. The maximum atomic E-state index is 12.8. The highest BCUT2D eigenvalue weighted by Crippen LogP contribution is 2.13. The van der Waals surface area contributed by atoms with E-state index in [0.717, 1.165) is 122 Å². The molecule has 65 heavy (non-hydrogen) atoms. The molecule has 0 heterocycles. The Labute approximate surface area is 400 Å². The molecular weight excluding hydrogens is 805 g/mol. The van der Waals surface area contributed by atoms with Gasteiger partial charge in [0.2, 0.25) is 0 Å². The summed E-state index contributed by atoms with van der Waals surface area (Å²) < 4.78 is 16.8. The van der Waals surface area contributed by atoms with Crippen LogP contribution in [0.4, 0.5) is 0 Å². The van der Waals surface area contributed by atoms with E-state index in [1.165, 1.54) is 77.0 Å². The van der Waals surface area contributed by atoms with Gasteiger partial charge in [-0.2, -0.15) is 0 Å². The van der Waals surface area contributed by atoms with Gasteiger partial charge in [-0.1, -0.05) is 201 Å². The van der Waals surface area contributed by atoms with Crippen molar-refractivity contribution < 1.29 is 28.6 Å². The summed E-state index contributed by atoms with van der Waals surface area (Å²) in [7, 11) is 0. The summed E-state index contributed by atoms with van der Waals surface area (Å²) in [5.74, 6) is -0.963. The minimum absolute atomic E-state index is 0.102. The van der Waals surface area contributed by atoms with Gasteiger partial charge in [0.1, 0.15) is 13.2 Å². The molecule has 0 radical (unpaired) electrons. The number of allylic oxidation sites excluding steroid dienone is 16. The number of carbonyl (C=O) groups excluding carboxylic acids is 3. The minimum Gasteiger partial charge on any atom is -0.462 e. The van der Waals surface area contributed by atoms with E-state index in [0.29, 0.717) is 19.3 Å². The highest BCUT2D eigenvalue weighted by atomic mass is 16.6. The third-order valence-corrected chi connectivity index (χ3v) is 11.1. The van der Waals surface area contributed by atoms with Gasteiger partial charge in [0, 0.05) is 19.3 Å². The summed E-state index contributed by atoms with van der Waals surface area (Å²) >= 11 is 0. The first-order chi connectivity index (χ1) is 32.0. The second-order valence-corrected chi connectivity index (χ2v) is 17.4. The van der Waals surface area contributed by atoms with E-state index >= 15 is 0 Å². The molecule has 0 aliphatic heterocycles. The molecule has 0 saturated carbocycles. The number of esters is 3. The quantitative estimate of drug-likeness (QED) is 0.0199. The van der Waals surface area contributed by atoms with Gasteiger partial charge in [0.15, 0.2) is 6.10 Å². The van der Waals surface area contributed by atoms with Crippen molar-refractivity contribution in [3.05, 3.63) is 97.2 Å². The Balaban J connectivity index is 4.49. The summed E-state index contributed by atoms with van der Waals surface area (Å²) in [6, 6.07) is 0. The van der Waals surface area contributed by atoms with Crippen LogP contribution in [-0.2, 0) is 28.6 Å². The molecule has 6 heteroatoms. The van der Waals surface area contributed by atoms with Crippen LogP contribution in [0, 0.1) is 0 Å². The van der Waals surface area contributed by atoms with Crippen LogP contribution in [0.2, 0.25) is 0 Å². The summed E-state index contributed by atoms with van der Waals surface area (Å²) in [5, 5.41) is 0. The summed E-state index contributed by atoms with van der Waals surface area (Å²) in [4.78, 5) is 38.0. The Bertz CT molecular complexity index is 1310. The van der Waals surface area contributed by atoms with Gasteiger partial charge in [0.25, 0.3) is 0 Å². The van der Waals surface area contributed by atoms with E-state index in [-0.39, 0.29) is 31.1 Å². The average Bonchev–Trinajstić information content (AvgIpc) is 3.30. The van der Waals surface area contributed by atoms with Gasteiger partial charge in [-0.25, -0.2) is 0 Å². The zero-order valence-electron chi connectivity index (χ0n) is 42.2. The predicted octanol–water partition coefficient (Wildman–Crippen LogP) is 17.8. The van der Waals surface area contributed by atoms with E-state index in [1.807, 2.05) is 0 Å². The number of hydrogen-bond acceptors (Lipinski definition) is 6. The largest absolute Gasteiger partial charge is 0.462 e. The first-order valence-electron chi connectivity index (χ1n) is 26.8. The zero-order valence-corrected chi connectivity index (χ0v) is 42.2. The normalized spacial score (nSPS) is 12.8. The second kappa shape index (κ2) is 52.9. The van der Waals surface area contributed by atoms with Crippen molar-refractivity contribution >= 4 is 17.9 Å². The van der Waals surface area contributed by atoms with Crippen LogP contribution < -0.4 is 0 Å². The van der Waals surface area contributed by atoms with Crippen molar-refractivity contribution in [2.75, 3.05) is 13.2 Å². The van der Waals surface area contributed by atoms with Gasteiger partial charge < -0.3 is 14.2 Å². The molecule has 0 aliphatic rings. The Hall–Kier alpha value is -3.67. The minimum atomic E-state index is -0.804. The molecule has 370 valence electrons. The van der Waals surface area contributed by atoms with Crippen molar-refractivity contribution in [2.24, 2.45) is 0 Å². The molecule has 0 N–H and O–H groups in total. The monoisotopic (exact) mass is 903 g/mol. The third kappa shape index (κ3) is 51.2. The number of hydrogen-bond donors (Lipinski definition) is 0. The zero-order chi connectivity index (χ0) is 47.2. The van der Waals surface area contributed by atoms with E-state index in [1.54, 1.807) is 0 Å². The molecule has 0 fully saturated rings. The van der Waals surface area contributed by atoms with Crippen LogP contribution in [0.5, 0.6) is 0 Å². The van der Waals surface area contributed by atoms with Crippen LogP contribution in [0.25, 0.3) is 0 Å². The number of unbranched alkanes of at least 4 members (excludes halogenated alkanes) is 21. The maximum absolute atomic E-state index is 12.8. The van der Waals surface area contributed by atoms with Gasteiger partial charge in [-0.3, -0.25) is 14.4 Å². The van der Waals surface area contributed by atoms with Crippen LogP contribution in [-0.4, -0.2) is 37.2 Å². The van der Waals surface area contributed by atoms with Crippen molar-refractivity contribution in [3.63, 3.8) is 0 Å². The standard InChI is InChI=1S/C59H98O6/c1-4-7-10-13-16-19-22-25-27-28-29-30-32-34-37-40-43-46-49-52-58(61)64-55-56(54-63-57(60)51-48-45-42-39-36-33-24-21-18-15-12-9-6-3)65-59(62)53-50-47-44-41-38-35-31-26-23-20-17-14-11-8-5-2/h7,10,16-17,19-20,23,25-27,29-30,33-34,36-37,56H,4-6,8-9,11-15,18,21-22,24,28,31-32,35,38-55H2,1-3H3/b10-7-,19-16-,20-17-,26-23-,27-25-,30-29-,36-33-,37-34-. The maximum Gasteiger partial charge on any atom is 0.306 e. The predicted molar refractivity (Wildman–Crippen MR) is 279 cm³/mol. The molecular formula is C59H98O6. The number of rotatable bonds is 47. The van der Waals surface area contributed by atoms with Crippen LogP contribution in [0.1, 0.15) is 239 Å². The smallest absolute Gasteiger partial charge is 0.306 e. The fourth-order valence-electron chi connectivity index (χ4n) is 7.04. The molecule has 0 rings (SSSR count). The van der Waals surface area contributed by atoms with E-state index in [4.69, 9.17) is 14.2 Å². The van der Waals surface area contributed by atoms with Gasteiger partial charge >= 0.3 is 17.9 Å². The molecule has 0 aromatic heterocycles. The first kappa shape index (κ1) is 61.3. The molecule has 0 saturated heterocycles. The molecule has 1 unspecified atom stereocenters. The van der Waals surface area contributed by atoms with Crippen molar-refractivity contribution in [3.8, 4) is 0 Å². The lowest BCUT2D eigenvalue weighted by atomic mass is 10.1. The molecule has 0 aromatic rings. The van der Waals surface area contributed by atoms with Crippen molar-refractivity contribution in [1.29, 1.82) is 0 Å². The summed E-state index contributed by atoms with van der Waals surface area (Å²) in [5.41, 5.74) is 0. The molecule has 0 bridgehead atoms. The molecule has 1 atom stereocenters. The van der Waals surface area contributed by atoms with E-state index in [9.17, 15) is 14.4 Å². The van der Waals surface area contributed by atoms with Gasteiger partial charge in [-0.15, -0.1) is 0 Å². The molecule has 0 spiro atoms. The molecule has 0 aliphatic carbocycles. The Morgan fingerprint density at radius 3 is 1.09 bits per heavy atom. The second-order valence-electron chi connectivity index (χ2n) is 17.4. The Morgan fingerprint density at radius 1 is 0.338 bits per heavy atom. The van der Waals surface area contributed by atoms with Crippen LogP contribution in [0.3, 0.4) is 0 Å². The fourth-order valence-corrected chi connectivity index (χ4v) is 7.04. The van der Waals surface area contributed by atoms with Crippen LogP contribution >= 0.6 is 0 Å². The highest BCUT2D eigenvalue weighted by molar-refractivity contribution is 5.71. The number of ether oxygens (including phenoxy) is 3. The van der Waals surface area contributed by atoms with Gasteiger partial charge in [0.05, 0.1) is 0 Å². The highest BCUT2D eigenvalue weighted by Gasteiger charge is 2.19. The third-order valence-electron chi connectivity index (χ3n) is 11.1. The molecule has 0 aromatic carbocycles. The fraction of sp³-hybridized carbons (Fsp3) is 0.678. The van der Waals surface area contributed by atoms with E-state index < -0.39 is 6.10 Å². The summed E-state index contributed by atoms with van der Waals surface area (Å²) in [6.45, 7) is 6.43.